The minimum Gasteiger partial charge on any atom is -0.465 e. The minimum absolute atomic E-state index is 0.000160. The Labute approximate surface area is 163 Å². The largest absolute Gasteiger partial charge is 0.465 e. The van der Waals surface area contributed by atoms with Crippen LogP contribution in [0.3, 0.4) is 0 Å². The highest BCUT2D eigenvalue weighted by molar-refractivity contribution is 9.10. The first kappa shape index (κ1) is 20.1. The fourth-order valence-corrected chi connectivity index (χ4v) is 3.30. The van der Waals surface area contributed by atoms with Gasteiger partial charge >= 0.3 is 5.97 Å². The van der Waals surface area contributed by atoms with Crippen LogP contribution in [0.15, 0.2) is 40.2 Å². The van der Waals surface area contributed by atoms with Crippen molar-refractivity contribution in [2.45, 2.75) is 0 Å². The summed E-state index contributed by atoms with van der Waals surface area (Å²) in [5.74, 6) is -1.07. The van der Waals surface area contributed by atoms with E-state index in [2.05, 4.69) is 31.3 Å². The molecule has 0 spiro atoms. The molecule has 9 heteroatoms. The number of methoxy groups -OCH3 is 1. The van der Waals surface area contributed by atoms with Crippen LogP contribution in [0.25, 0.3) is 0 Å². The third kappa shape index (κ3) is 5.65. The third-order valence-corrected chi connectivity index (χ3v) is 4.87. The van der Waals surface area contributed by atoms with Crippen LogP contribution < -0.4 is 10.6 Å². The molecule has 1 aromatic heterocycles. The number of rotatable bonds is 7. The maximum absolute atomic E-state index is 12.1. The van der Waals surface area contributed by atoms with Crippen LogP contribution in [-0.4, -0.2) is 49.9 Å². The van der Waals surface area contributed by atoms with E-state index in [0.717, 1.165) is 4.47 Å². The molecule has 1 aromatic carbocycles. The predicted octanol–water partition coefficient (Wildman–Crippen LogP) is 2.81. The molecule has 138 valence electrons. The first-order valence-electron chi connectivity index (χ1n) is 7.59. The number of anilines is 2. The van der Waals surface area contributed by atoms with Crippen molar-refractivity contribution < 1.29 is 19.1 Å². The maximum atomic E-state index is 12.1. The quantitative estimate of drug-likeness (QED) is 0.647. The zero-order chi connectivity index (χ0) is 19.1. The number of benzene rings is 1. The number of halogens is 1. The van der Waals surface area contributed by atoms with Gasteiger partial charge in [-0.2, -0.15) is 0 Å². The molecule has 0 radical (unpaired) electrons. The number of likely N-dealkylation sites (N-methyl/N-ethyl adjacent to an activating group) is 1. The summed E-state index contributed by atoms with van der Waals surface area (Å²) in [6, 6.07) is 8.90. The molecule has 1 heterocycles. The SMILES string of the molecule is COC(=O)c1sccc1NC(=O)CN(C)CC(=O)Nc1ccccc1Br. The summed E-state index contributed by atoms with van der Waals surface area (Å²) in [5, 5.41) is 7.12. The Balaban J connectivity index is 1.85. The molecule has 0 atom stereocenters. The molecule has 26 heavy (non-hydrogen) atoms. The molecule has 2 aromatic rings. The van der Waals surface area contributed by atoms with Gasteiger partial charge in [-0.1, -0.05) is 12.1 Å². The van der Waals surface area contributed by atoms with Gasteiger partial charge in [-0.25, -0.2) is 4.79 Å². The molecule has 7 nitrogen and oxygen atoms in total. The Morgan fingerprint density at radius 2 is 1.69 bits per heavy atom. The average molecular weight is 440 g/mol. The number of nitrogens with one attached hydrogen (secondary N) is 2. The van der Waals surface area contributed by atoms with E-state index < -0.39 is 5.97 Å². The van der Waals surface area contributed by atoms with Gasteiger partial charge in [-0.3, -0.25) is 14.5 Å². The highest BCUT2D eigenvalue weighted by Crippen LogP contribution is 2.23. The molecule has 0 saturated carbocycles. The molecule has 0 aliphatic carbocycles. The fourth-order valence-electron chi connectivity index (χ4n) is 2.15. The molecule has 2 N–H and O–H groups in total. The highest BCUT2D eigenvalue weighted by Gasteiger charge is 2.17. The normalized spacial score (nSPS) is 10.5. The van der Waals surface area contributed by atoms with Gasteiger partial charge in [-0.05, 0) is 46.6 Å². The zero-order valence-corrected chi connectivity index (χ0v) is 16.6. The summed E-state index contributed by atoms with van der Waals surface area (Å²) < 4.78 is 5.45. The van der Waals surface area contributed by atoms with Crippen molar-refractivity contribution in [3.8, 4) is 0 Å². The number of hydrogen-bond donors (Lipinski definition) is 2. The lowest BCUT2D eigenvalue weighted by Gasteiger charge is -2.16. The number of nitrogens with zero attached hydrogens (tertiary/aromatic N) is 1. The number of hydrogen-bond acceptors (Lipinski definition) is 6. The Kier molecular flexibility index (Phi) is 7.31. The van der Waals surface area contributed by atoms with E-state index in [1.165, 1.54) is 18.4 Å². The first-order valence-corrected chi connectivity index (χ1v) is 9.26. The predicted molar refractivity (Wildman–Crippen MR) is 105 cm³/mol. The Morgan fingerprint density at radius 3 is 2.31 bits per heavy atom. The van der Waals surface area contributed by atoms with Crippen molar-refractivity contribution in [1.29, 1.82) is 0 Å². The summed E-state index contributed by atoms with van der Waals surface area (Å²) in [7, 11) is 2.94. The standard InChI is InChI=1S/C17H18BrN3O4S/c1-21(9-14(22)19-12-6-4-3-5-11(12)18)10-15(23)20-13-7-8-26-16(13)17(24)25-2/h3-8H,9-10H2,1-2H3,(H,19,22)(H,20,23). The molecule has 0 bridgehead atoms. The second-order valence-electron chi connectivity index (χ2n) is 5.40. The summed E-state index contributed by atoms with van der Waals surface area (Å²) in [4.78, 5) is 37.7. The third-order valence-electron chi connectivity index (χ3n) is 3.29. The number of esters is 1. The lowest BCUT2D eigenvalue weighted by molar-refractivity contribution is -0.119. The van der Waals surface area contributed by atoms with Crippen LogP contribution >= 0.6 is 27.3 Å². The first-order chi connectivity index (χ1) is 12.4. The highest BCUT2D eigenvalue weighted by atomic mass is 79.9. The van der Waals surface area contributed by atoms with Crippen LogP contribution in [0, 0.1) is 0 Å². The van der Waals surface area contributed by atoms with Crippen molar-refractivity contribution >= 4 is 56.4 Å². The van der Waals surface area contributed by atoms with E-state index in [-0.39, 0.29) is 24.9 Å². The summed E-state index contributed by atoms with van der Waals surface area (Å²) in [6.45, 7) is 0.0437. The van der Waals surface area contributed by atoms with Gasteiger partial charge in [0.15, 0.2) is 0 Å². The van der Waals surface area contributed by atoms with Crippen molar-refractivity contribution in [3.05, 3.63) is 45.1 Å². The number of carbonyl (C=O) groups excluding carboxylic acids is 3. The number of para-hydroxylation sites is 1. The summed E-state index contributed by atoms with van der Waals surface area (Å²) >= 11 is 4.54. The van der Waals surface area contributed by atoms with E-state index in [9.17, 15) is 14.4 Å². The molecule has 2 rings (SSSR count). The fraction of sp³-hybridized carbons (Fsp3) is 0.235. The van der Waals surface area contributed by atoms with Crippen molar-refractivity contribution in [1.82, 2.24) is 4.90 Å². The monoisotopic (exact) mass is 439 g/mol. The van der Waals surface area contributed by atoms with Crippen LogP contribution in [0.4, 0.5) is 11.4 Å². The number of carbonyl (C=O) groups is 3. The van der Waals surface area contributed by atoms with Gasteiger partial charge in [0.25, 0.3) is 0 Å². The van der Waals surface area contributed by atoms with Crippen LogP contribution in [-0.2, 0) is 14.3 Å². The second-order valence-corrected chi connectivity index (χ2v) is 7.17. The van der Waals surface area contributed by atoms with Gasteiger partial charge in [0.05, 0.1) is 31.6 Å². The molecule has 0 aliphatic heterocycles. The Bertz CT molecular complexity index is 809. The van der Waals surface area contributed by atoms with E-state index in [0.29, 0.717) is 16.3 Å². The molecule has 0 aliphatic rings. The zero-order valence-electron chi connectivity index (χ0n) is 14.2. The van der Waals surface area contributed by atoms with E-state index >= 15 is 0 Å². The van der Waals surface area contributed by atoms with Gasteiger partial charge in [0, 0.05) is 4.47 Å². The van der Waals surface area contributed by atoms with E-state index in [1.807, 2.05) is 18.2 Å². The van der Waals surface area contributed by atoms with Crippen LogP contribution in [0.2, 0.25) is 0 Å². The van der Waals surface area contributed by atoms with E-state index in [4.69, 9.17) is 0 Å². The summed E-state index contributed by atoms with van der Waals surface area (Å²) in [6.07, 6.45) is 0. The topological polar surface area (TPSA) is 87.7 Å². The van der Waals surface area contributed by atoms with Gasteiger partial charge in [0.1, 0.15) is 4.88 Å². The average Bonchev–Trinajstić information content (AvgIpc) is 3.03. The Hall–Kier alpha value is -2.23. The molecule has 0 saturated heterocycles. The van der Waals surface area contributed by atoms with Crippen molar-refractivity contribution in [2.75, 3.05) is 37.9 Å². The Morgan fingerprint density at radius 1 is 1.08 bits per heavy atom. The van der Waals surface area contributed by atoms with Gasteiger partial charge in [-0.15, -0.1) is 11.3 Å². The van der Waals surface area contributed by atoms with Gasteiger partial charge in [0.2, 0.25) is 11.8 Å². The molecule has 0 unspecified atom stereocenters. The lowest BCUT2D eigenvalue weighted by atomic mass is 10.3. The van der Waals surface area contributed by atoms with Crippen molar-refractivity contribution in [2.24, 2.45) is 0 Å². The van der Waals surface area contributed by atoms with Gasteiger partial charge < -0.3 is 15.4 Å². The number of ether oxygens (including phenoxy) is 1. The van der Waals surface area contributed by atoms with Crippen LogP contribution in [0.1, 0.15) is 9.67 Å². The maximum Gasteiger partial charge on any atom is 0.350 e. The van der Waals surface area contributed by atoms with Crippen molar-refractivity contribution in [3.63, 3.8) is 0 Å². The number of amides is 2. The molecule has 2 amide bonds. The summed E-state index contributed by atoms with van der Waals surface area (Å²) in [5.41, 5.74) is 1.06. The molecular weight excluding hydrogens is 422 g/mol. The molecule has 0 fully saturated rings. The number of thiophene rings is 1. The second kappa shape index (κ2) is 9.46. The van der Waals surface area contributed by atoms with Crippen LogP contribution in [0.5, 0.6) is 0 Å². The minimum atomic E-state index is -0.503. The van der Waals surface area contributed by atoms with E-state index in [1.54, 1.807) is 29.5 Å². The smallest absolute Gasteiger partial charge is 0.350 e. The lowest BCUT2D eigenvalue weighted by Crippen LogP contribution is -2.36. The molecular formula is C17H18BrN3O4S.